The molecular formula is C16H31N3Ni2O6+3. The van der Waals surface area contributed by atoms with Crippen molar-refractivity contribution in [1.29, 1.82) is 0 Å². The number of carboxylic acids is 1. The maximum absolute atomic E-state index is 10.0. The fourth-order valence-electron chi connectivity index (χ4n) is 2.15. The molecule has 0 aromatic rings. The minimum absolute atomic E-state index is 0. The smallest absolute Gasteiger partial charge is 0.693 e. The van der Waals surface area contributed by atoms with Crippen LogP contribution in [0.1, 0.15) is 12.8 Å². The molecule has 1 fully saturated rings. The summed E-state index contributed by atoms with van der Waals surface area (Å²) in [6, 6.07) is 0. The number of aliphatic carboxylic acids is 1. The predicted octanol–water partition coefficient (Wildman–Crippen LogP) is -0.643. The van der Waals surface area contributed by atoms with E-state index in [1.807, 2.05) is 12.2 Å². The Balaban J connectivity index is -0.000000101. The Morgan fingerprint density at radius 1 is 1.19 bits per heavy atom. The van der Waals surface area contributed by atoms with Crippen molar-refractivity contribution in [2.45, 2.75) is 19.1 Å². The van der Waals surface area contributed by atoms with Crippen LogP contribution >= 0.6 is 0 Å². The van der Waals surface area contributed by atoms with Crippen molar-refractivity contribution in [1.82, 2.24) is 0 Å². The van der Waals surface area contributed by atoms with E-state index >= 15 is 0 Å². The molecule has 0 amide bonds. The molecule has 0 aromatic carbocycles. The van der Waals surface area contributed by atoms with Gasteiger partial charge in [-0.25, -0.2) is 0 Å². The molecule has 0 aliphatic carbocycles. The second-order valence-electron chi connectivity index (χ2n) is 5.19. The zero-order chi connectivity index (χ0) is 16.2. The summed E-state index contributed by atoms with van der Waals surface area (Å²) in [7, 11) is 0. The number of hydrogen-bond donors (Lipinski definition) is 2. The summed E-state index contributed by atoms with van der Waals surface area (Å²) in [5, 5.41) is 35.3. The molecule has 163 valence electrons. The monoisotopic (exact) mass is 477 g/mol. The molecule has 1 saturated heterocycles. The van der Waals surface area contributed by atoms with Crippen LogP contribution in [0, 0.1) is 11.8 Å². The average Bonchev–Trinajstić information content (AvgIpc) is 2.53. The van der Waals surface area contributed by atoms with Crippen LogP contribution in [-0.2, 0) is 48.7 Å². The molecule has 2 rings (SSSR count). The van der Waals surface area contributed by atoms with Crippen molar-refractivity contribution in [3.05, 3.63) is 53.2 Å². The van der Waals surface area contributed by atoms with Crippen molar-refractivity contribution in [3.8, 4) is 0 Å². The number of carbonyl (C=O) groups excluding carboxylic acids is 1. The Morgan fingerprint density at radius 3 is 2.30 bits per heavy atom. The van der Waals surface area contributed by atoms with Gasteiger partial charge in [0.05, 0.1) is 5.97 Å². The second kappa shape index (κ2) is 23.4. The number of nitrogens with two attached hydrogens (primary N) is 1. The van der Waals surface area contributed by atoms with Gasteiger partial charge in [0.1, 0.15) is 0 Å². The number of hydrogen-bond acceptors (Lipinski definition) is 4. The molecule has 2 aliphatic rings. The van der Waals surface area contributed by atoms with Gasteiger partial charge >= 0.3 is 33.0 Å². The third-order valence-electron chi connectivity index (χ3n) is 3.25. The van der Waals surface area contributed by atoms with Gasteiger partial charge in [-0.05, 0) is 24.0 Å². The standard InChI is InChI=1S/2C8H12NO2.H2N.2Ni.2H2O/c2*10-8(11)4-3-7-2-1-5-9-6-7;;;;;/h3-4,7H,1-2,5-6H2,(H,10,11);1-4,7-8,10-11H,5-6H2;1H2;;;2*1H2/q3*-1;+2;+3;;/p+1. The second-order valence-corrected chi connectivity index (χ2v) is 5.19. The van der Waals surface area contributed by atoms with E-state index < -0.39 is 12.3 Å². The fourth-order valence-corrected chi connectivity index (χ4v) is 2.15. The van der Waals surface area contributed by atoms with Crippen molar-refractivity contribution >= 4 is 5.97 Å². The SMILES string of the molecule is O=C([O-])C=CC1CCC[N-]C1.OC(O)C=CC1C=CC[N-]C1.[NH2-].[Ni+2].[Ni+3].[OH3+].[OH3+]. The van der Waals surface area contributed by atoms with Gasteiger partial charge in [0, 0.05) is 0 Å². The number of piperidine rings is 1. The first kappa shape index (κ1) is 37.2. The molecule has 0 bridgehead atoms. The van der Waals surface area contributed by atoms with Gasteiger partial charge in [-0.2, -0.15) is 0 Å². The van der Waals surface area contributed by atoms with Gasteiger partial charge in [-0.1, -0.05) is 31.1 Å². The summed E-state index contributed by atoms with van der Waals surface area (Å²) in [4.78, 5) is 10.0. The number of aliphatic hydroxyl groups is 2. The van der Waals surface area contributed by atoms with Gasteiger partial charge in [-0.3, -0.25) is 0 Å². The van der Waals surface area contributed by atoms with E-state index in [1.54, 1.807) is 12.2 Å². The molecule has 2 aliphatic heterocycles. The van der Waals surface area contributed by atoms with Crippen LogP contribution in [0.3, 0.4) is 0 Å². The van der Waals surface area contributed by atoms with Crippen LogP contribution in [0.15, 0.2) is 36.5 Å². The van der Waals surface area contributed by atoms with Crippen LogP contribution < -0.4 is 5.11 Å². The van der Waals surface area contributed by atoms with Crippen LogP contribution in [0.4, 0.5) is 0 Å². The quantitative estimate of drug-likeness (QED) is 0.177. The Hall–Kier alpha value is -0.603. The van der Waals surface area contributed by atoms with Crippen LogP contribution in [0.2, 0.25) is 0 Å². The third-order valence-corrected chi connectivity index (χ3v) is 3.25. The molecule has 0 aromatic heterocycles. The number of nitrogens with zero attached hydrogens (tertiary/aromatic N) is 2. The number of rotatable bonds is 4. The topological polar surface area (TPSA) is 208 Å². The summed E-state index contributed by atoms with van der Waals surface area (Å²) in [5.74, 6) is -0.553. The van der Waals surface area contributed by atoms with E-state index in [0.717, 1.165) is 45.1 Å². The molecular weight excluding hydrogens is 448 g/mol. The Morgan fingerprint density at radius 2 is 1.85 bits per heavy atom. The molecule has 10 N–H and O–H groups in total. The van der Waals surface area contributed by atoms with E-state index in [9.17, 15) is 9.90 Å². The summed E-state index contributed by atoms with van der Waals surface area (Å²) >= 11 is 0. The molecule has 1 radical (unpaired) electrons. The average molecular weight is 479 g/mol. The first-order valence-corrected chi connectivity index (χ1v) is 7.44. The first-order valence-electron chi connectivity index (χ1n) is 7.44. The zero-order valence-corrected chi connectivity index (χ0v) is 16.9. The van der Waals surface area contributed by atoms with Gasteiger partial charge in [-0.15, -0.1) is 32.3 Å². The van der Waals surface area contributed by atoms with E-state index in [4.69, 9.17) is 10.2 Å². The Kier molecular flexibility index (Phi) is 32.3. The van der Waals surface area contributed by atoms with Crippen LogP contribution in [0.25, 0.3) is 16.8 Å². The summed E-state index contributed by atoms with van der Waals surface area (Å²) in [6.07, 6.45) is 10.7. The van der Waals surface area contributed by atoms with Gasteiger partial charge < -0.3 is 47.9 Å². The molecule has 11 heteroatoms. The summed E-state index contributed by atoms with van der Waals surface area (Å²) < 4.78 is 0. The third kappa shape index (κ3) is 21.6. The van der Waals surface area contributed by atoms with Crippen molar-refractivity contribution in [2.24, 2.45) is 11.8 Å². The molecule has 27 heavy (non-hydrogen) atoms. The minimum atomic E-state index is -1.34. The Bertz CT molecular complexity index is 417. The molecule has 2 atom stereocenters. The van der Waals surface area contributed by atoms with E-state index in [1.165, 1.54) is 6.08 Å². The van der Waals surface area contributed by atoms with E-state index in [0.29, 0.717) is 5.92 Å². The van der Waals surface area contributed by atoms with Crippen molar-refractivity contribution < 1.29 is 64.0 Å². The maximum Gasteiger partial charge on any atom is 3.00 e. The summed E-state index contributed by atoms with van der Waals surface area (Å²) in [6.45, 7) is 3.23. The van der Waals surface area contributed by atoms with Crippen LogP contribution in [0.5, 0.6) is 0 Å². The Labute approximate surface area is 180 Å². The van der Waals surface area contributed by atoms with Crippen molar-refractivity contribution in [3.63, 3.8) is 0 Å². The summed E-state index contributed by atoms with van der Waals surface area (Å²) in [5.41, 5.74) is 0. The predicted molar refractivity (Wildman–Crippen MR) is 98.1 cm³/mol. The van der Waals surface area contributed by atoms with Crippen LogP contribution in [-0.4, -0.2) is 48.7 Å². The largest absolute Gasteiger partial charge is 3.00 e. The maximum atomic E-state index is 10.0. The molecule has 0 saturated carbocycles. The number of carboxylic acid groups (broad SMARTS) is 1. The molecule has 0 spiro atoms. The van der Waals surface area contributed by atoms with Gasteiger partial charge in [0.25, 0.3) is 0 Å². The zero-order valence-electron chi connectivity index (χ0n) is 14.9. The van der Waals surface area contributed by atoms with Gasteiger partial charge in [0.15, 0.2) is 6.29 Å². The normalized spacial score (nSPS) is 20.7. The minimum Gasteiger partial charge on any atom is -0.693 e. The van der Waals surface area contributed by atoms with Gasteiger partial charge in [0.2, 0.25) is 0 Å². The van der Waals surface area contributed by atoms with Crippen molar-refractivity contribution in [2.75, 3.05) is 26.2 Å². The van der Waals surface area contributed by atoms with E-state index in [2.05, 4.69) is 10.6 Å². The molecule has 2 unspecified atom stereocenters. The molecule has 2 heterocycles. The first-order chi connectivity index (χ1) is 10.6. The number of aliphatic hydroxyl groups excluding tert-OH is 1. The molecule has 9 nitrogen and oxygen atoms in total. The number of carbonyl (C=O) groups is 1. The fraction of sp³-hybridized carbons (Fsp3) is 0.562. The van der Waals surface area contributed by atoms with E-state index in [-0.39, 0.29) is 56.0 Å².